The Morgan fingerprint density at radius 1 is 1.09 bits per heavy atom. The van der Waals surface area contributed by atoms with Gasteiger partial charge in [-0.3, -0.25) is 14.7 Å². The van der Waals surface area contributed by atoms with Crippen molar-refractivity contribution in [1.29, 1.82) is 0 Å². The summed E-state index contributed by atoms with van der Waals surface area (Å²) >= 11 is 0. The first kappa shape index (κ1) is 21.5. The number of benzene rings is 2. The average Bonchev–Trinajstić information content (AvgIpc) is 3.30. The molecule has 7 nitrogen and oxygen atoms in total. The number of fused-ring (bicyclic) bond motifs is 2. The second-order valence-corrected chi connectivity index (χ2v) is 8.37. The minimum Gasteiger partial charge on any atom is -0.341 e. The number of H-pyrrole nitrogens is 1. The lowest BCUT2D eigenvalue weighted by Gasteiger charge is -2.17. The molecule has 1 aromatic heterocycles. The molecule has 0 bridgehead atoms. The van der Waals surface area contributed by atoms with E-state index >= 15 is 0 Å². The first-order valence-electron chi connectivity index (χ1n) is 10.5. The number of nitrogens with one attached hydrogen (secondary N) is 2. The summed E-state index contributed by atoms with van der Waals surface area (Å²) in [5, 5.41) is 11.2. The van der Waals surface area contributed by atoms with E-state index in [0.29, 0.717) is 17.8 Å². The molecule has 3 aromatic rings. The van der Waals surface area contributed by atoms with Gasteiger partial charge in [-0.1, -0.05) is 17.7 Å². The van der Waals surface area contributed by atoms with Crippen LogP contribution in [0.1, 0.15) is 22.4 Å². The molecule has 0 saturated heterocycles. The highest BCUT2D eigenvalue weighted by Gasteiger charge is 2.24. The molecule has 0 unspecified atom stereocenters. The van der Waals surface area contributed by atoms with Gasteiger partial charge in [0.05, 0.1) is 11.2 Å². The summed E-state index contributed by atoms with van der Waals surface area (Å²) in [4.78, 5) is 28.5. The second kappa shape index (κ2) is 8.80. The number of aromatic nitrogens is 2. The van der Waals surface area contributed by atoms with Gasteiger partial charge in [0.1, 0.15) is 0 Å². The zero-order valence-electron chi connectivity index (χ0n) is 18.8. The number of aryl methyl sites for hydroxylation is 1. The van der Waals surface area contributed by atoms with Crippen LogP contribution in [-0.4, -0.2) is 66.0 Å². The summed E-state index contributed by atoms with van der Waals surface area (Å²) < 4.78 is 0. The predicted molar refractivity (Wildman–Crippen MR) is 129 cm³/mol. The molecule has 32 heavy (non-hydrogen) atoms. The van der Waals surface area contributed by atoms with E-state index in [9.17, 15) is 9.59 Å². The minimum absolute atomic E-state index is 0.0643. The Bertz CT molecular complexity index is 1250. The number of amides is 2. The summed E-state index contributed by atoms with van der Waals surface area (Å²) in [5.41, 5.74) is 5.95. The van der Waals surface area contributed by atoms with E-state index < -0.39 is 0 Å². The van der Waals surface area contributed by atoms with Gasteiger partial charge in [0, 0.05) is 48.4 Å². The van der Waals surface area contributed by atoms with Crippen molar-refractivity contribution >= 4 is 46.1 Å². The number of nitrogens with zero attached hydrogens (tertiary/aromatic N) is 3. The monoisotopic (exact) mass is 429 g/mol. The van der Waals surface area contributed by atoms with Crippen molar-refractivity contribution in [2.24, 2.45) is 0 Å². The number of carbonyl (C=O) groups excluding carboxylic acids is 2. The van der Waals surface area contributed by atoms with Gasteiger partial charge in [-0.15, -0.1) is 0 Å². The minimum atomic E-state index is -0.101. The molecule has 4 rings (SSSR count). The topological polar surface area (TPSA) is 81.3 Å². The summed E-state index contributed by atoms with van der Waals surface area (Å²) in [6, 6.07) is 11.8. The van der Waals surface area contributed by atoms with E-state index in [2.05, 4.69) is 15.5 Å². The number of anilines is 1. The lowest BCUT2D eigenvalue weighted by atomic mass is 10.0. The van der Waals surface area contributed by atoms with Gasteiger partial charge in [-0.2, -0.15) is 5.10 Å². The molecule has 0 saturated carbocycles. The van der Waals surface area contributed by atoms with Gasteiger partial charge in [0.15, 0.2) is 0 Å². The van der Waals surface area contributed by atoms with Crippen LogP contribution in [0.2, 0.25) is 0 Å². The maximum Gasteiger partial charge on any atom is 0.256 e. The third-order valence-electron chi connectivity index (χ3n) is 5.53. The molecule has 164 valence electrons. The fourth-order valence-corrected chi connectivity index (χ4v) is 3.62. The van der Waals surface area contributed by atoms with Crippen molar-refractivity contribution < 1.29 is 9.59 Å². The largest absolute Gasteiger partial charge is 0.341 e. The van der Waals surface area contributed by atoms with Crippen molar-refractivity contribution in [2.75, 3.05) is 39.5 Å². The second-order valence-electron chi connectivity index (χ2n) is 8.37. The Hall–Kier alpha value is -3.71. The standard InChI is InChI=1S/C25H27N5O2/c1-16-5-8-21-19(13-16)20(25(32)26-21)14-17-6-7-18-22(27-28-23(18)15-17)9-10-24(31)30(4)12-11-29(2)3/h5-10,13-15H,11-12H2,1-4H3,(H,26,32)(H,27,28)/b10-9-,20-14+. The summed E-state index contributed by atoms with van der Waals surface area (Å²) in [7, 11) is 5.75. The van der Waals surface area contributed by atoms with E-state index in [1.54, 1.807) is 24.1 Å². The molecule has 0 radical (unpaired) electrons. The molecule has 0 aliphatic carbocycles. The van der Waals surface area contributed by atoms with Gasteiger partial charge >= 0.3 is 0 Å². The maximum atomic E-state index is 12.5. The van der Waals surface area contributed by atoms with E-state index in [4.69, 9.17) is 0 Å². The Balaban J connectivity index is 1.55. The van der Waals surface area contributed by atoms with E-state index in [1.807, 2.05) is 68.4 Å². The molecule has 0 fully saturated rings. The molecular weight excluding hydrogens is 402 g/mol. The van der Waals surface area contributed by atoms with Crippen LogP contribution >= 0.6 is 0 Å². The number of likely N-dealkylation sites (N-methyl/N-ethyl adjacent to an activating group) is 2. The van der Waals surface area contributed by atoms with Gasteiger partial charge in [-0.25, -0.2) is 0 Å². The SMILES string of the molecule is Cc1ccc2c(c1)/C(=C\c1ccc3c(/C=C\C(=O)N(C)CCN(C)C)n[nH]c3c1)C(=O)N2. The first-order chi connectivity index (χ1) is 15.3. The quantitative estimate of drug-likeness (QED) is 0.589. The van der Waals surface area contributed by atoms with Gasteiger partial charge in [0.25, 0.3) is 5.91 Å². The van der Waals surface area contributed by atoms with Crippen LogP contribution in [0.15, 0.2) is 42.5 Å². The number of carbonyl (C=O) groups is 2. The molecular formula is C25H27N5O2. The Kier molecular flexibility index (Phi) is 5.92. The summed E-state index contributed by atoms with van der Waals surface area (Å²) in [6.07, 6.45) is 5.16. The summed E-state index contributed by atoms with van der Waals surface area (Å²) in [6.45, 7) is 3.48. The Morgan fingerprint density at radius 2 is 1.91 bits per heavy atom. The van der Waals surface area contributed by atoms with E-state index in [1.165, 1.54) is 0 Å². The lowest BCUT2D eigenvalue weighted by Crippen LogP contribution is -2.32. The molecule has 2 amide bonds. The van der Waals surface area contributed by atoms with Crippen molar-refractivity contribution in [3.05, 3.63) is 64.9 Å². The molecule has 1 aliphatic heterocycles. The Morgan fingerprint density at radius 3 is 2.69 bits per heavy atom. The maximum absolute atomic E-state index is 12.5. The lowest BCUT2D eigenvalue weighted by molar-refractivity contribution is -0.124. The first-order valence-corrected chi connectivity index (χ1v) is 10.5. The summed E-state index contributed by atoms with van der Waals surface area (Å²) in [5.74, 6) is -0.165. The van der Waals surface area contributed by atoms with Crippen molar-refractivity contribution in [2.45, 2.75) is 6.92 Å². The fourth-order valence-electron chi connectivity index (χ4n) is 3.62. The number of hydrogen-bond donors (Lipinski definition) is 2. The van der Waals surface area contributed by atoms with Crippen molar-refractivity contribution in [3.63, 3.8) is 0 Å². The fraction of sp³-hybridized carbons (Fsp3) is 0.240. The third-order valence-corrected chi connectivity index (χ3v) is 5.53. The van der Waals surface area contributed by atoms with Crippen LogP contribution in [0.25, 0.3) is 28.6 Å². The predicted octanol–water partition coefficient (Wildman–Crippen LogP) is 3.40. The molecule has 2 N–H and O–H groups in total. The van der Waals surface area contributed by atoms with Gasteiger partial charge < -0.3 is 15.1 Å². The smallest absolute Gasteiger partial charge is 0.256 e. The number of aromatic amines is 1. The van der Waals surface area contributed by atoms with Crippen LogP contribution in [-0.2, 0) is 9.59 Å². The zero-order chi connectivity index (χ0) is 22.8. The van der Waals surface area contributed by atoms with Crippen molar-refractivity contribution in [3.8, 4) is 0 Å². The highest BCUT2D eigenvalue weighted by Crippen LogP contribution is 2.34. The van der Waals surface area contributed by atoms with Crippen LogP contribution < -0.4 is 5.32 Å². The van der Waals surface area contributed by atoms with Crippen LogP contribution in [0.4, 0.5) is 5.69 Å². The molecule has 2 heterocycles. The number of rotatable bonds is 6. The normalized spacial score (nSPS) is 14.5. The van der Waals surface area contributed by atoms with E-state index in [-0.39, 0.29) is 11.8 Å². The third kappa shape index (κ3) is 4.48. The number of hydrogen-bond acceptors (Lipinski definition) is 4. The van der Waals surface area contributed by atoms with Crippen LogP contribution in [0.3, 0.4) is 0 Å². The van der Waals surface area contributed by atoms with E-state index in [0.717, 1.165) is 39.8 Å². The highest BCUT2D eigenvalue weighted by atomic mass is 16.2. The van der Waals surface area contributed by atoms with Crippen LogP contribution in [0.5, 0.6) is 0 Å². The van der Waals surface area contributed by atoms with Crippen LogP contribution in [0, 0.1) is 6.92 Å². The molecule has 7 heteroatoms. The average molecular weight is 430 g/mol. The zero-order valence-corrected chi connectivity index (χ0v) is 18.8. The molecule has 0 spiro atoms. The van der Waals surface area contributed by atoms with Gasteiger partial charge in [0.2, 0.25) is 5.91 Å². The Labute approximate surface area is 187 Å². The molecule has 0 atom stereocenters. The molecule has 2 aromatic carbocycles. The molecule has 1 aliphatic rings. The highest BCUT2D eigenvalue weighted by molar-refractivity contribution is 6.35. The van der Waals surface area contributed by atoms with Crippen molar-refractivity contribution in [1.82, 2.24) is 20.0 Å². The van der Waals surface area contributed by atoms with Gasteiger partial charge in [-0.05, 0) is 63.0 Å².